The van der Waals surface area contributed by atoms with Gasteiger partial charge in [-0.15, -0.1) is 0 Å². The van der Waals surface area contributed by atoms with Gasteiger partial charge in [0.2, 0.25) is 0 Å². The summed E-state index contributed by atoms with van der Waals surface area (Å²) < 4.78 is 16.7. The van der Waals surface area contributed by atoms with Crippen LogP contribution in [0.4, 0.5) is 4.39 Å². The standard InChI is InChI=1S/C23H20ClFN4O2/c1-23(2,31)22-26-9-12(10-27-22)15-11-29-19(8-17(15)25)28-20-18(30)7-14(21(20)29)13-5-3-4-6-16(13)24/h3-6,8-11,14,18,30-31H,7H2,1-2H3/t14-,18?/m0/s1. The quantitative estimate of drug-likeness (QED) is 0.496. The highest BCUT2D eigenvalue weighted by atomic mass is 35.5. The number of imidazole rings is 1. The Morgan fingerprint density at radius 2 is 1.90 bits per heavy atom. The number of benzene rings is 1. The summed E-state index contributed by atoms with van der Waals surface area (Å²) in [7, 11) is 0. The summed E-state index contributed by atoms with van der Waals surface area (Å²) in [6, 6.07) is 8.85. The predicted octanol–water partition coefficient (Wildman–Crippen LogP) is 4.38. The van der Waals surface area contributed by atoms with Crippen LogP contribution < -0.4 is 0 Å². The molecule has 6 nitrogen and oxygen atoms in total. The fourth-order valence-corrected chi connectivity index (χ4v) is 4.43. The number of aliphatic hydroxyl groups is 2. The maximum absolute atomic E-state index is 14.9. The van der Waals surface area contributed by atoms with E-state index in [0.717, 1.165) is 11.3 Å². The third-order valence-electron chi connectivity index (χ3n) is 5.67. The molecule has 1 unspecified atom stereocenters. The van der Waals surface area contributed by atoms with Crippen molar-refractivity contribution < 1.29 is 14.6 Å². The highest BCUT2D eigenvalue weighted by Crippen LogP contribution is 2.46. The summed E-state index contributed by atoms with van der Waals surface area (Å²) in [6.07, 6.45) is 4.34. The number of halogens is 2. The van der Waals surface area contributed by atoms with Gasteiger partial charge in [-0.05, 0) is 31.9 Å². The Morgan fingerprint density at radius 1 is 1.19 bits per heavy atom. The second kappa shape index (κ2) is 7.09. The molecule has 2 atom stereocenters. The second-order valence-corrected chi connectivity index (χ2v) is 8.73. The Labute approximate surface area is 183 Å². The number of aromatic nitrogens is 4. The number of nitrogens with zero attached hydrogens (tertiary/aromatic N) is 4. The first-order valence-electron chi connectivity index (χ1n) is 9.93. The summed E-state index contributed by atoms with van der Waals surface area (Å²) in [5, 5.41) is 21.3. The molecule has 0 saturated heterocycles. The van der Waals surface area contributed by atoms with E-state index < -0.39 is 17.5 Å². The zero-order valence-corrected chi connectivity index (χ0v) is 17.7. The average Bonchev–Trinajstić information content (AvgIpc) is 3.24. The summed E-state index contributed by atoms with van der Waals surface area (Å²) in [5.74, 6) is -0.386. The number of aliphatic hydroxyl groups excluding tert-OH is 1. The normalized spacial score (nSPS) is 18.5. The summed E-state index contributed by atoms with van der Waals surface area (Å²) in [5.41, 5.74) is 2.23. The van der Waals surface area contributed by atoms with Gasteiger partial charge in [0, 0.05) is 46.7 Å². The SMILES string of the molecule is CC(C)(O)c1ncc(-c2cn3c4c(nc3cc2F)C(O)C[C@H]4c2ccccc2Cl)cn1. The van der Waals surface area contributed by atoms with Crippen LogP contribution in [0, 0.1) is 5.82 Å². The predicted molar refractivity (Wildman–Crippen MR) is 114 cm³/mol. The van der Waals surface area contributed by atoms with Crippen molar-refractivity contribution >= 4 is 17.2 Å². The van der Waals surface area contributed by atoms with E-state index in [0.29, 0.717) is 33.9 Å². The summed E-state index contributed by atoms with van der Waals surface area (Å²) in [4.78, 5) is 12.9. The van der Waals surface area contributed by atoms with Crippen molar-refractivity contribution in [3.63, 3.8) is 0 Å². The Hall–Kier alpha value is -2.87. The van der Waals surface area contributed by atoms with Gasteiger partial charge in [-0.2, -0.15) is 0 Å². The molecule has 2 N–H and O–H groups in total. The van der Waals surface area contributed by atoms with E-state index in [2.05, 4.69) is 15.0 Å². The molecule has 0 bridgehead atoms. The van der Waals surface area contributed by atoms with Crippen molar-refractivity contribution in [3.8, 4) is 11.1 Å². The van der Waals surface area contributed by atoms with Gasteiger partial charge in [0.1, 0.15) is 17.1 Å². The first-order valence-corrected chi connectivity index (χ1v) is 10.3. The van der Waals surface area contributed by atoms with Crippen LogP contribution in [-0.2, 0) is 5.60 Å². The van der Waals surface area contributed by atoms with Crippen LogP contribution in [0.15, 0.2) is 48.9 Å². The number of hydrogen-bond donors (Lipinski definition) is 2. The Balaban J connectivity index is 1.67. The molecule has 31 heavy (non-hydrogen) atoms. The van der Waals surface area contributed by atoms with Crippen LogP contribution in [0.25, 0.3) is 16.8 Å². The molecule has 5 rings (SSSR count). The van der Waals surface area contributed by atoms with Crippen LogP contribution in [0.1, 0.15) is 55.1 Å². The highest BCUT2D eigenvalue weighted by Gasteiger charge is 2.37. The van der Waals surface area contributed by atoms with Gasteiger partial charge >= 0.3 is 0 Å². The number of fused-ring (bicyclic) bond motifs is 3. The molecule has 158 valence electrons. The third kappa shape index (κ3) is 3.29. The van der Waals surface area contributed by atoms with E-state index in [9.17, 15) is 14.6 Å². The van der Waals surface area contributed by atoms with Crippen molar-refractivity contribution in [1.29, 1.82) is 0 Å². The lowest BCUT2D eigenvalue weighted by molar-refractivity contribution is 0.0687. The van der Waals surface area contributed by atoms with Crippen molar-refractivity contribution in [2.24, 2.45) is 0 Å². The molecule has 0 radical (unpaired) electrons. The van der Waals surface area contributed by atoms with Gasteiger partial charge in [0.15, 0.2) is 5.82 Å². The fourth-order valence-electron chi connectivity index (χ4n) is 4.17. The second-order valence-electron chi connectivity index (χ2n) is 8.33. The molecule has 1 aliphatic rings. The van der Waals surface area contributed by atoms with Crippen molar-refractivity contribution in [2.75, 3.05) is 0 Å². The molecule has 0 amide bonds. The molecule has 1 aromatic carbocycles. The molecule has 0 fully saturated rings. The maximum Gasteiger partial charge on any atom is 0.159 e. The van der Waals surface area contributed by atoms with E-state index >= 15 is 0 Å². The van der Waals surface area contributed by atoms with Gasteiger partial charge in [-0.25, -0.2) is 19.3 Å². The van der Waals surface area contributed by atoms with Crippen molar-refractivity contribution in [3.05, 3.63) is 82.5 Å². The van der Waals surface area contributed by atoms with Crippen LogP contribution in [0.3, 0.4) is 0 Å². The zero-order chi connectivity index (χ0) is 21.9. The van der Waals surface area contributed by atoms with Crippen molar-refractivity contribution in [1.82, 2.24) is 19.4 Å². The van der Waals surface area contributed by atoms with E-state index in [4.69, 9.17) is 11.6 Å². The first kappa shape index (κ1) is 20.1. The van der Waals surface area contributed by atoms with Gasteiger partial charge in [-0.1, -0.05) is 29.8 Å². The minimum atomic E-state index is -1.19. The average molecular weight is 439 g/mol. The van der Waals surface area contributed by atoms with Crippen LogP contribution in [-0.4, -0.2) is 29.6 Å². The van der Waals surface area contributed by atoms with Gasteiger partial charge in [0.05, 0.1) is 17.5 Å². The summed E-state index contributed by atoms with van der Waals surface area (Å²) >= 11 is 6.43. The lowest BCUT2D eigenvalue weighted by atomic mass is 9.96. The van der Waals surface area contributed by atoms with E-state index in [1.165, 1.54) is 18.5 Å². The molecular formula is C23H20ClFN4O2. The molecule has 3 aromatic heterocycles. The molecule has 8 heteroatoms. The van der Waals surface area contributed by atoms with Crippen LogP contribution in [0.2, 0.25) is 5.02 Å². The zero-order valence-electron chi connectivity index (χ0n) is 16.9. The molecule has 4 aromatic rings. The molecule has 0 spiro atoms. The fraction of sp³-hybridized carbons (Fsp3) is 0.261. The van der Waals surface area contributed by atoms with Gasteiger partial charge < -0.3 is 14.6 Å². The molecular weight excluding hydrogens is 419 g/mol. The van der Waals surface area contributed by atoms with Gasteiger partial charge in [-0.3, -0.25) is 0 Å². The van der Waals surface area contributed by atoms with Gasteiger partial charge in [0.25, 0.3) is 0 Å². The number of rotatable bonds is 3. The Morgan fingerprint density at radius 3 is 2.58 bits per heavy atom. The maximum atomic E-state index is 14.9. The lowest BCUT2D eigenvalue weighted by Gasteiger charge is -2.16. The minimum Gasteiger partial charge on any atom is -0.387 e. The largest absolute Gasteiger partial charge is 0.387 e. The third-order valence-corrected chi connectivity index (χ3v) is 6.01. The van der Waals surface area contributed by atoms with Crippen LogP contribution in [0.5, 0.6) is 0 Å². The topological polar surface area (TPSA) is 83.5 Å². The Kier molecular flexibility index (Phi) is 4.58. The smallest absolute Gasteiger partial charge is 0.159 e. The minimum absolute atomic E-state index is 0.166. The number of hydrogen-bond acceptors (Lipinski definition) is 5. The lowest BCUT2D eigenvalue weighted by Crippen LogP contribution is -2.19. The monoisotopic (exact) mass is 438 g/mol. The Bertz CT molecular complexity index is 1300. The molecule has 0 aliphatic heterocycles. The first-order chi connectivity index (χ1) is 14.7. The van der Waals surface area contributed by atoms with Crippen LogP contribution >= 0.6 is 11.6 Å². The summed E-state index contributed by atoms with van der Waals surface area (Å²) in [6.45, 7) is 3.17. The van der Waals surface area contributed by atoms with E-state index in [-0.39, 0.29) is 11.7 Å². The highest BCUT2D eigenvalue weighted by molar-refractivity contribution is 6.31. The van der Waals surface area contributed by atoms with E-state index in [1.807, 2.05) is 28.7 Å². The van der Waals surface area contributed by atoms with Crippen molar-refractivity contribution in [2.45, 2.75) is 37.9 Å². The molecule has 1 aliphatic carbocycles. The molecule has 3 heterocycles. The molecule has 0 saturated carbocycles. The van der Waals surface area contributed by atoms with E-state index in [1.54, 1.807) is 20.0 Å². The number of pyridine rings is 1.